The highest BCUT2D eigenvalue weighted by atomic mass is 35.5. The molecule has 0 radical (unpaired) electrons. The summed E-state index contributed by atoms with van der Waals surface area (Å²) in [6.07, 6.45) is 4.21. The summed E-state index contributed by atoms with van der Waals surface area (Å²) in [6, 6.07) is 7.13. The number of nitrogens with one attached hydrogen (secondary N) is 4. The van der Waals surface area contributed by atoms with E-state index in [4.69, 9.17) is 11.6 Å². The molecule has 1 aromatic heterocycles. The minimum atomic E-state index is -1.31. The Bertz CT molecular complexity index is 1570. The van der Waals surface area contributed by atoms with Crippen LogP contribution >= 0.6 is 11.6 Å². The Balaban J connectivity index is 1.11. The molecule has 0 atom stereocenters. The SMILES string of the molecule is CN1CCC(NNC(=O)C2CCN(C(=O)c3ccc(NC(=O)c4ncc(Cc5ccc(OCF)c(F)c5F)[nH]4)cc3Cl)CC2)CC1. The van der Waals surface area contributed by atoms with Gasteiger partial charge in [0.05, 0.1) is 10.6 Å². The highest BCUT2D eigenvalue weighted by molar-refractivity contribution is 6.34. The maximum absolute atomic E-state index is 14.4. The molecule has 0 saturated carbocycles. The summed E-state index contributed by atoms with van der Waals surface area (Å²) in [4.78, 5) is 49.4. The van der Waals surface area contributed by atoms with Crippen molar-refractivity contribution in [3.8, 4) is 5.75 Å². The zero-order valence-corrected chi connectivity index (χ0v) is 25.9. The van der Waals surface area contributed by atoms with Crippen LogP contribution in [-0.2, 0) is 11.2 Å². The van der Waals surface area contributed by atoms with Crippen molar-refractivity contribution in [3.05, 3.63) is 75.8 Å². The van der Waals surface area contributed by atoms with Crippen LogP contribution in [0.25, 0.3) is 0 Å². The van der Waals surface area contributed by atoms with Crippen molar-refractivity contribution in [2.45, 2.75) is 38.1 Å². The minimum absolute atomic E-state index is 0.0427. The lowest BCUT2D eigenvalue weighted by molar-refractivity contribution is -0.127. The van der Waals surface area contributed by atoms with Gasteiger partial charge in [-0.3, -0.25) is 19.8 Å². The Morgan fingerprint density at radius 1 is 1.04 bits per heavy atom. The number of aromatic amines is 1. The van der Waals surface area contributed by atoms with Crippen LogP contribution in [0.5, 0.6) is 5.75 Å². The van der Waals surface area contributed by atoms with Crippen LogP contribution in [-0.4, -0.2) is 83.6 Å². The number of hydrogen-bond donors (Lipinski definition) is 4. The van der Waals surface area contributed by atoms with Gasteiger partial charge in [0, 0.05) is 49.0 Å². The largest absolute Gasteiger partial charge is 0.460 e. The molecule has 0 bridgehead atoms. The summed E-state index contributed by atoms with van der Waals surface area (Å²) >= 11 is 6.44. The number of halogens is 4. The maximum Gasteiger partial charge on any atom is 0.291 e. The second-order valence-corrected chi connectivity index (χ2v) is 11.9. The van der Waals surface area contributed by atoms with Crippen molar-refractivity contribution in [2.24, 2.45) is 5.92 Å². The molecule has 2 aliphatic heterocycles. The van der Waals surface area contributed by atoms with E-state index in [9.17, 15) is 27.6 Å². The third-order valence-electron chi connectivity index (χ3n) is 8.29. The standard InChI is InChI=1S/C31H35ClF3N7O4/c1-41-10-8-20(9-11-41)39-40-29(43)18-6-12-42(13-7-18)31(45)23-4-3-21(15-24(23)32)38-30(44)28-36-16-22(37-28)14-19-2-5-25(46-17-33)27(35)26(19)34/h2-5,15-16,18,20,39H,6-14,17H2,1H3,(H,36,37)(H,38,44)(H,40,43). The first kappa shape index (κ1) is 33.2. The van der Waals surface area contributed by atoms with E-state index in [2.05, 4.69) is 42.8 Å². The molecule has 2 aliphatic rings. The van der Waals surface area contributed by atoms with Gasteiger partial charge in [0.15, 0.2) is 17.4 Å². The lowest BCUT2D eigenvalue weighted by atomic mass is 9.95. The minimum Gasteiger partial charge on any atom is -0.460 e. The van der Waals surface area contributed by atoms with Crippen LogP contribution in [0.15, 0.2) is 36.5 Å². The van der Waals surface area contributed by atoms with Crippen molar-refractivity contribution in [2.75, 3.05) is 45.4 Å². The van der Waals surface area contributed by atoms with Gasteiger partial charge in [-0.05, 0) is 75.6 Å². The highest BCUT2D eigenvalue weighted by Gasteiger charge is 2.29. The quantitative estimate of drug-likeness (QED) is 0.241. The predicted octanol–water partition coefficient (Wildman–Crippen LogP) is 4.06. The first-order valence-electron chi connectivity index (χ1n) is 15.0. The lowest BCUT2D eigenvalue weighted by Crippen LogP contribution is -2.51. The second kappa shape index (κ2) is 15.0. The summed E-state index contributed by atoms with van der Waals surface area (Å²) in [5.74, 6) is -4.28. The van der Waals surface area contributed by atoms with Crippen LogP contribution in [0.3, 0.4) is 0 Å². The zero-order chi connectivity index (χ0) is 32.8. The molecule has 2 saturated heterocycles. The van der Waals surface area contributed by atoms with E-state index in [1.807, 2.05) is 0 Å². The van der Waals surface area contributed by atoms with Gasteiger partial charge in [-0.1, -0.05) is 17.7 Å². The third-order valence-corrected chi connectivity index (χ3v) is 8.60. The molecule has 3 heterocycles. The number of piperidine rings is 2. The lowest BCUT2D eigenvalue weighted by Gasteiger charge is -2.33. The average molecular weight is 662 g/mol. The molecular weight excluding hydrogens is 627 g/mol. The fourth-order valence-electron chi connectivity index (χ4n) is 5.55. The van der Waals surface area contributed by atoms with Crippen molar-refractivity contribution in [1.82, 2.24) is 30.6 Å². The van der Waals surface area contributed by atoms with Gasteiger partial charge in [-0.2, -0.15) is 4.39 Å². The average Bonchev–Trinajstić information content (AvgIpc) is 3.53. The van der Waals surface area contributed by atoms with E-state index in [0.29, 0.717) is 37.3 Å². The van der Waals surface area contributed by atoms with Crippen LogP contribution in [0, 0.1) is 17.6 Å². The normalized spacial score (nSPS) is 16.3. The van der Waals surface area contributed by atoms with Crippen LogP contribution in [0.1, 0.15) is 57.9 Å². The van der Waals surface area contributed by atoms with Crippen LogP contribution < -0.4 is 20.9 Å². The van der Waals surface area contributed by atoms with E-state index in [0.717, 1.165) is 32.0 Å². The molecule has 3 aromatic rings. The van der Waals surface area contributed by atoms with Gasteiger partial charge < -0.3 is 24.8 Å². The van der Waals surface area contributed by atoms with Gasteiger partial charge in [0.2, 0.25) is 18.6 Å². The highest BCUT2D eigenvalue weighted by Crippen LogP contribution is 2.27. The van der Waals surface area contributed by atoms with Crippen molar-refractivity contribution in [3.63, 3.8) is 0 Å². The summed E-state index contributed by atoms with van der Waals surface area (Å²) in [7, 11) is 2.08. The Hall–Kier alpha value is -4.14. The first-order valence-corrected chi connectivity index (χ1v) is 15.3. The van der Waals surface area contributed by atoms with Gasteiger partial charge in [0.25, 0.3) is 11.8 Å². The van der Waals surface area contributed by atoms with E-state index in [1.54, 1.807) is 4.90 Å². The van der Waals surface area contributed by atoms with Crippen molar-refractivity contribution >= 4 is 35.0 Å². The number of likely N-dealkylation sites (tertiary alicyclic amines) is 2. The van der Waals surface area contributed by atoms with E-state index >= 15 is 0 Å². The molecule has 246 valence electrons. The van der Waals surface area contributed by atoms with Crippen LogP contribution in [0.4, 0.5) is 18.9 Å². The number of amides is 3. The molecule has 3 amide bonds. The molecule has 4 N–H and O–H groups in total. The molecule has 2 fully saturated rings. The predicted molar refractivity (Wildman–Crippen MR) is 164 cm³/mol. The topological polar surface area (TPSA) is 132 Å². The van der Waals surface area contributed by atoms with Gasteiger partial charge in [-0.25, -0.2) is 19.2 Å². The van der Waals surface area contributed by atoms with Crippen molar-refractivity contribution in [1.29, 1.82) is 0 Å². The fourth-order valence-corrected chi connectivity index (χ4v) is 5.81. The number of hydrogen-bond acceptors (Lipinski definition) is 7. The number of H-pyrrole nitrogens is 1. The molecule has 46 heavy (non-hydrogen) atoms. The third kappa shape index (κ3) is 7.98. The summed E-state index contributed by atoms with van der Waals surface area (Å²) in [6.45, 7) is 1.50. The molecule has 11 nitrogen and oxygen atoms in total. The van der Waals surface area contributed by atoms with E-state index < -0.39 is 30.2 Å². The fraction of sp³-hybridized carbons (Fsp3) is 0.419. The Morgan fingerprint density at radius 2 is 1.78 bits per heavy atom. The maximum atomic E-state index is 14.4. The number of rotatable bonds is 10. The number of aromatic nitrogens is 2. The number of ether oxygens (including phenoxy) is 1. The molecule has 0 unspecified atom stereocenters. The van der Waals surface area contributed by atoms with E-state index in [-0.39, 0.29) is 52.2 Å². The smallest absolute Gasteiger partial charge is 0.291 e. The Labute approximate surface area is 268 Å². The second-order valence-electron chi connectivity index (χ2n) is 11.5. The Morgan fingerprint density at radius 3 is 2.48 bits per heavy atom. The zero-order valence-electron chi connectivity index (χ0n) is 25.2. The number of benzene rings is 2. The van der Waals surface area contributed by atoms with E-state index in [1.165, 1.54) is 30.5 Å². The molecule has 2 aromatic carbocycles. The first-order chi connectivity index (χ1) is 22.1. The summed E-state index contributed by atoms with van der Waals surface area (Å²) in [5.41, 5.74) is 6.88. The number of carbonyl (C=O) groups excluding carboxylic acids is 3. The molecule has 0 spiro atoms. The molecular formula is C31H35ClF3N7O4. The number of imidazole rings is 1. The Kier molecular flexibility index (Phi) is 10.8. The number of nitrogens with zero attached hydrogens (tertiary/aromatic N) is 3. The number of hydrazine groups is 1. The van der Waals surface area contributed by atoms with Gasteiger partial charge in [0.1, 0.15) is 0 Å². The number of anilines is 1. The summed E-state index contributed by atoms with van der Waals surface area (Å²) in [5, 5.41) is 2.78. The number of carbonyl (C=O) groups is 3. The molecule has 5 rings (SSSR count). The van der Waals surface area contributed by atoms with Gasteiger partial charge >= 0.3 is 0 Å². The number of alkyl halides is 1. The molecule has 0 aliphatic carbocycles. The monoisotopic (exact) mass is 661 g/mol. The van der Waals surface area contributed by atoms with Crippen molar-refractivity contribution < 1.29 is 32.3 Å². The molecule has 15 heteroatoms. The van der Waals surface area contributed by atoms with Gasteiger partial charge in [-0.15, -0.1) is 0 Å². The van der Waals surface area contributed by atoms with Crippen LogP contribution in [0.2, 0.25) is 5.02 Å². The summed E-state index contributed by atoms with van der Waals surface area (Å²) < 4.78 is 45.2.